The zero-order valence-corrected chi connectivity index (χ0v) is 17.5. The Morgan fingerprint density at radius 2 is 1.39 bits per heavy atom. The van der Waals surface area contributed by atoms with Gasteiger partial charge in [0.25, 0.3) is 0 Å². The zero-order chi connectivity index (χ0) is 24.0. The van der Waals surface area contributed by atoms with E-state index in [0.29, 0.717) is 38.0 Å². The molecule has 2 fully saturated rings. The minimum Gasteiger partial charge on any atom is -0.481 e. The summed E-state index contributed by atoms with van der Waals surface area (Å²) in [6, 6.07) is 9.96. The van der Waals surface area contributed by atoms with Gasteiger partial charge in [0.15, 0.2) is 0 Å². The Morgan fingerprint density at radius 1 is 0.848 bits per heavy atom. The van der Waals surface area contributed by atoms with E-state index in [9.17, 15) is 36.2 Å². The molecule has 9 heteroatoms. The fourth-order valence-corrected chi connectivity index (χ4v) is 4.93. The molecule has 2 aromatic rings. The molecule has 1 heterocycles. The van der Waals surface area contributed by atoms with Crippen LogP contribution in [-0.4, -0.2) is 29.1 Å². The van der Waals surface area contributed by atoms with Gasteiger partial charge in [-0.15, -0.1) is 0 Å². The molecule has 4 rings (SSSR count). The average molecular weight is 471 g/mol. The third-order valence-corrected chi connectivity index (χ3v) is 6.72. The molecule has 2 aromatic carbocycles. The van der Waals surface area contributed by atoms with Crippen LogP contribution in [-0.2, 0) is 23.7 Å². The lowest BCUT2D eigenvalue weighted by molar-refractivity contribution is -0.139. The highest BCUT2D eigenvalue weighted by Gasteiger charge is 2.49. The number of benzene rings is 2. The fourth-order valence-electron chi connectivity index (χ4n) is 4.93. The second-order valence-corrected chi connectivity index (χ2v) is 9.05. The maximum absolute atomic E-state index is 12.9. The van der Waals surface area contributed by atoms with Crippen molar-refractivity contribution in [1.82, 2.24) is 4.90 Å². The predicted molar refractivity (Wildman–Crippen MR) is 108 cm³/mol. The maximum Gasteiger partial charge on any atom is 0.416 e. The number of carbonyl (C=O) groups is 1. The Balaban J connectivity index is 1.52. The molecule has 0 radical (unpaired) electrons. The quantitative estimate of drug-likeness (QED) is 0.540. The van der Waals surface area contributed by atoms with Crippen LogP contribution < -0.4 is 0 Å². The zero-order valence-electron chi connectivity index (χ0n) is 17.5. The normalized spacial score (nSPS) is 26.2. The summed E-state index contributed by atoms with van der Waals surface area (Å²) in [5, 5.41) is 9.32. The van der Waals surface area contributed by atoms with Gasteiger partial charge in [0, 0.05) is 19.6 Å². The maximum atomic E-state index is 12.9. The van der Waals surface area contributed by atoms with Crippen molar-refractivity contribution < 1.29 is 36.2 Å². The second kappa shape index (κ2) is 8.66. The van der Waals surface area contributed by atoms with Crippen LogP contribution >= 0.6 is 0 Å². The molecule has 2 aliphatic rings. The van der Waals surface area contributed by atoms with E-state index in [4.69, 9.17) is 0 Å². The van der Waals surface area contributed by atoms with E-state index in [1.165, 1.54) is 24.3 Å². The van der Waals surface area contributed by atoms with E-state index in [-0.39, 0.29) is 17.8 Å². The molecule has 178 valence electrons. The van der Waals surface area contributed by atoms with Gasteiger partial charge in [-0.25, -0.2) is 0 Å². The summed E-state index contributed by atoms with van der Waals surface area (Å²) in [7, 11) is 0. The smallest absolute Gasteiger partial charge is 0.416 e. The molecule has 1 unspecified atom stereocenters. The molecular formula is C24H23F6NO2. The lowest BCUT2D eigenvalue weighted by Crippen LogP contribution is -2.40. The van der Waals surface area contributed by atoms with Crippen LogP contribution in [0.25, 0.3) is 0 Å². The first-order valence-electron chi connectivity index (χ1n) is 10.7. The molecule has 0 spiro atoms. The minimum atomic E-state index is -4.43. The molecule has 1 N–H and O–H groups in total. The van der Waals surface area contributed by atoms with Crippen molar-refractivity contribution in [2.24, 2.45) is 17.8 Å². The number of carboxylic acids is 1. The number of likely N-dealkylation sites (tertiary alicyclic amines) is 1. The van der Waals surface area contributed by atoms with Crippen LogP contribution in [0.15, 0.2) is 48.5 Å². The van der Waals surface area contributed by atoms with Crippen molar-refractivity contribution >= 4 is 5.97 Å². The number of aliphatic carboxylic acids is 1. The number of rotatable bonds is 5. The lowest BCUT2D eigenvalue weighted by atomic mass is 9.81. The molecule has 4 atom stereocenters. The van der Waals surface area contributed by atoms with E-state index < -0.39 is 35.4 Å². The van der Waals surface area contributed by atoms with Crippen molar-refractivity contribution in [3.63, 3.8) is 0 Å². The number of hydrogen-bond donors (Lipinski definition) is 1. The van der Waals surface area contributed by atoms with Crippen molar-refractivity contribution in [3.8, 4) is 0 Å². The van der Waals surface area contributed by atoms with Crippen molar-refractivity contribution in [2.45, 2.75) is 37.7 Å². The molecule has 1 saturated carbocycles. The molecule has 0 bridgehead atoms. The third kappa shape index (κ3) is 5.51. The molecule has 1 saturated heterocycles. The monoisotopic (exact) mass is 471 g/mol. The Bertz CT molecular complexity index is 984. The molecule has 1 aliphatic carbocycles. The molecule has 0 aromatic heterocycles. The van der Waals surface area contributed by atoms with Crippen LogP contribution in [0.1, 0.15) is 41.0 Å². The molecule has 0 amide bonds. The van der Waals surface area contributed by atoms with Gasteiger partial charge in [-0.2, -0.15) is 26.3 Å². The molecule has 33 heavy (non-hydrogen) atoms. The predicted octanol–water partition coefficient (Wildman–Crippen LogP) is 6.05. The van der Waals surface area contributed by atoms with Crippen molar-refractivity contribution in [1.29, 1.82) is 0 Å². The number of hydrogen-bond acceptors (Lipinski definition) is 2. The number of carboxylic acid groups (broad SMARTS) is 1. The number of piperidine rings is 1. The first-order valence-corrected chi connectivity index (χ1v) is 10.7. The van der Waals surface area contributed by atoms with E-state index in [2.05, 4.69) is 4.90 Å². The highest BCUT2D eigenvalue weighted by molar-refractivity contribution is 5.73. The van der Waals surface area contributed by atoms with Gasteiger partial charge in [0.2, 0.25) is 0 Å². The first-order chi connectivity index (χ1) is 15.4. The summed E-state index contributed by atoms with van der Waals surface area (Å²) in [4.78, 5) is 13.4. The van der Waals surface area contributed by atoms with Gasteiger partial charge in [-0.05, 0) is 66.0 Å². The second-order valence-electron chi connectivity index (χ2n) is 9.05. The minimum absolute atomic E-state index is 0.00912. The summed E-state index contributed by atoms with van der Waals surface area (Å²) in [6.07, 6.45) is -7.59. The molecule has 3 nitrogen and oxygen atoms in total. The van der Waals surface area contributed by atoms with Crippen LogP contribution in [0.2, 0.25) is 0 Å². The Morgan fingerprint density at radius 3 is 1.88 bits per heavy atom. The van der Waals surface area contributed by atoms with Crippen molar-refractivity contribution in [3.05, 3.63) is 70.8 Å². The third-order valence-electron chi connectivity index (χ3n) is 6.72. The summed E-state index contributed by atoms with van der Waals surface area (Å²) in [5.74, 6) is -1.27. The topological polar surface area (TPSA) is 40.5 Å². The SMILES string of the molecule is O=C(O)C1C[C@H]1[C@H]1C[C@H](c2ccc(C(F)(F)F)cc2)CN(Cc2ccc(C(F)(F)F)cc2)C1. The standard InChI is InChI=1S/C24H23F6NO2/c25-23(26,27)18-5-1-14(2-6-18)11-31-12-16(9-17(13-31)20-10-21(20)22(32)33)15-3-7-19(8-4-15)24(28,29)30/h1-8,16-17,20-21H,9-13H2,(H,32,33)/t16-,17-,20-,21?/m0/s1. The van der Waals surface area contributed by atoms with E-state index in [1.54, 1.807) is 0 Å². The van der Waals surface area contributed by atoms with Crippen molar-refractivity contribution in [2.75, 3.05) is 13.1 Å². The Labute approximate surface area is 187 Å². The van der Waals surface area contributed by atoms with Gasteiger partial charge in [0.05, 0.1) is 17.0 Å². The van der Waals surface area contributed by atoms with E-state index in [1.807, 2.05) is 0 Å². The highest BCUT2D eigenvalue weighted by atomic mass is 19.4. The number of alkyl halides is 6. The first kappa shape index (κ1) is 23.6. The van der Waals surface area contributed by atoms with Gasteiger partial charge in [-0.1, -0.05) is 24.3 Å². The summed E-state index contributed by atoms with van der Waals surface area (Å²) >= 11 is 0. The summed E-state index contributed by atoms with van der Waals surface area (Å²) in [6.45, 7) is 1.52. The average Bonchev–Trinajstić information content (AvgIpc) is 3.54. The Kier molecular flexibility index (Phi) is 6.20. The largest absolute Gasteiger partial charge is 0.481 e. The lowest BCUT2D eigenvalue weighted by Gasteiger charge is -2.38. The fraction of sp³-hybridized carbons (Fsp3) is 0.458. The molecule has 1 aliphatic heterocycles. The van der Waals surface area contributed by atoms with Crippen LogP contribution in [0.3, 0.4) is 0 Å². The van der Waals surface area contributed by atoms with E-state index >= 15 is 0 Å². The van der Waals surface area contributed by atoms with Gasteiger partial charge in [0.1, 0.15) is 0 Å². The summed E-state index contributed by atoms with van der Waals surface area (Å²) in [5.41, 5.74) is -0.0147. The van der Waals surface area contributed by atoms with Gasteiger partial charge < -0.3 is 5.11 Å². The van der Waals surface area contributed by atoms with Crippen LogP contribution in [0.5, 0.6) is 0 Å². The van der Waals surface area contributed by atoms with Crippen LogP contribution in [0, 0.1) is 17.8 Å². The Hall–Kier alpha value is -2.55. The number of halogens is 6. The van der Waals surface area contributed by atoms with Crippen LogP contribution in [0.4, 0.5) is 26.3 Å². The molecular weight excluding hydrogens is 448 g/mol. The highest BCUT2D eigenvalue weighted by Crippen LogP contribution is 2.49. The van der Waals surface area contributed by atoms with E-state index in [0.717, 1.165) is 29.8 Å². The van der Waals surface area contributed by atoms with Gasteiger partial charge in [-0.3, -0.25) is 9.69 Å². The van der Waals surface area contributed by atoms with Gasteiger partial charge >= 0.3 is 18.3 Å². The number of nitrogens with zero attached hydrogens (tertiary/aromatic N) is 1. The summed E-state index contributed by atoms with van der Waals surface area (Å²) < 4.78 is 77.3.